The molecule has 3 aromatic heterocycles. The first-order valence-corrected chi connectivity index (χ1v) is 20.2. The number of hydrogen-bond donors (Lipinski definition) is 0. The third kappa shape index (κ3) is 5.01. The smallest absolute Gasteiger partial charge is 0.238 e. The number of fused-ring (bicyclic) bond motifs is 10. The second-order valence-corrected chi connectivity index (χ2v) is 16.1. The van der Waals surface area contributed by atoms with Gasteiger partial charge in [0.15, 0.2) is 11.6 Å². The Bertz CT molecular complexity index is 3470. The van der Waals surface area contributed by atoms with Gasteiger partial charge in [0, 0.05) is 43.8 Å². The van der Waals surface area contributed by atoms with Crippen molar-refractivity contribution in [1.82, 2.24) is 24.1 Å². The molecule has 1 aliphatic rings. The minimum Gasteiger partial charge on any atom is -0.307 e. The number of rotatable bonds is 5. The summed E-state index contributed by atoms with van der Waals surface area (Å²) in [7, 11) is 0. The van der Waals surface area contributed by atoms with Gasteiger partial charge in [-0.2, -0.15) is 9.97 Å². The maximum Gasteiger partial charge on any atom is 0.238 e. The molecular formula is C54H37N5. The molecule has 8 aromatic carbocycles. The molecule has 0 spiro atoms. The van der Waals surface area contributed by atoms with Crippen molar-refractivity contribution < 1.29 is 0 Å². The van der Waals surface area contributed by atoms with Crippen LogP contribution in [-0.4, -0.2) is 24.1 Å². The van der Waals surface area contributed by atoms with Crippen molar-refractivity contribution in [3.05, 3.63) is 199 Å². The molecule has 3 heterocycles. The molecule has 0 aliphatic heterocycles. The van der Waals surface area contributed by atoms with Gasteiger partial charge in [-0.15, -0.1) is 0 Å². The van der Waals surface area contributed by atoms with Crippen LogP contribution in [0.2, 0.25) is 0 Å². The van der Waals surface area contributed by atoms with E-state index in [0.29, 0.717) is 17.6 Å². The molecule has 0 N–H and O–H groups in total. The molecule has 0 amide bonds. The van der Waals surface area contributed by atoms with Gasteiger partial charge < -0.3 is 4.57 Å². The van der Waals surface area contributed by atoms with E-state index in [-0.39, 0.29) is 5.41 Å². The van der Waals surface area contributed by atoms with Gasteiger partial charge in [-0.25, -0.2) is 4.98 Å². The Balaban J connectivity index is 1.17. The van der Waals surface area contributed by atoms with Crippen molar-refractivity contribution in [1.29, 1.82) is 0 Å². The van der Waals surface area contributed by atoms with Gasteiger partial charge in [0.05, 0.1) is 22.1 Å². The fourth-order valence-corrected chi connectivity index (χ4v) is 9.59. The molecule has 5 heteroatoms. The summed E-state index contributed by atoms with van der Waals surface area (Å²) in [5.41, 5.74) is 14.7. The zero-order valence-corrected chi connectivity index (χ0v) is 32.6. The Morgan fingerprint density at radius 3 is 1.66 bits per heavy atom. The van der Waals surface area contributed by atoms with Crippen LogP contribution >= 0.6 is 0 Å². The van der Waals surface area contributed by atoms with Crippen molar-refractivity contribution >= 4 is 43.6 Å². The molecule has 0 saturated carbocycles. The molecule has 59 heavy (non-hydrogen) atoms. The molecule has 12 rings (SSSR count). The third-order valence-corrected chi connectivity index (χ3v) is 12.4. The van der Waals surface area contributed by atoms with Crippen LogP contribution in [-0.2, 0) is 5.41 Å². The molecule has 278 valence electrons. The molecule has 0 radical (unpaired) electrons. The van der Waals surface area contributed by atoms with Crippen molar-refractivity contribution in [2.24, 2.45) is 0 Å². The Hall–Kier alpha value is -7.63. The van der Waals surface area contributed by atoms with Crippen LogP contribution < -0.4 is 0 Å². The summed E-state index contributed by atoms with van der Waals surface area (Å²) in [6.07, 6.45) is 0. The first kappa shape index (κ1) is 33.5. The number of nitrogens with zero attached hydrogens (tertiary/aromatic N) is 5. The lowest BCUT2D eigenvalue weighted by Crippen LogP contribution is -2.15. The Labute approximate surface area is 341 Å². The van der Waals surface area contributed by atoms with Crippen LogP contribution in [0.5, 0.6) is 0 Å². The molecule has 5 nitrogen and oxygen atoms in total. The summed E-state index contributed by atoms with van der Waals surface area (Å²) in [4.78, 5) is 16.0. The van der Waals surface area contributed by atoms with Gasteiger partial charge in [0.1, 0.15) is 0 Å². The summed E-state index contributed by atoms with van der Waals surface area (Å²) in [5, 5.41) is 4.63. The third-order valence-electron chi connectivity index (χ3n) is 12.4. The predicted molar refractivity (Wildman–Crippen MR) is 242 cm³/mol. The SMILES string of the molecule is CC1(C)c2ccccc2-c2ccc(-c3nc(-c4ccccc4)nc(-n4c5ccccc5c5ccc6c7ccccc7n(-c7cccc(-c8ccccc8)c7)c6c54)n3)cc21. The Morgan fingerprint density at radius 1 is 0.373 bits per heavy atom. The van der Waals surface area contributed by atoms with Crippen molar-refractivity contribution in [3.8, 4) is 56.7 Å². The lowest BCUT2D eigenvalue weighted by molar-refractivity contribution is 0.660. The van der Waals surface area contributed by atoms with E-state index in [0.717, 1.165) is 55.2 Å². The fourth-order valence-electron chi connectivity index (χ4n) is 9.59. The van der Waals surface area contributed by atoms with Crippen molar-refractivity contribution in [2.75, 3.05) is 0 Å². The molecule has 11 aromatic rings. The van der Waals surface area contributed by atoms with Crippen molar-refractivity contribution in [3.63, 3.8) is 0 Å². The molecule has 1 aliphatic carbocycles. The number of aromatic nitrogens is 5. The first-order chi connectivity index (χ1) is 29.0. The van der Waals surface area contributed by atoms with E-state index >= 15 is 0 Å². The molecule has 0 unspecified atom stereocenters. The average molecular weight is 756 g/mol. The molecule has 0 saturated heterocycles. The number of benzene rings is 8. The molecule has 0 atom stereocenters. The van der Waals surface area contributed by atoms with E-state index in [4.69, 9.17) is 15.0 Å². The Morgan fingerprint density at radius 2 is 0.932 bits per heavy atom. The lowest BCUT2D eigenvalue weighted by Gasteiger charge is -2.21. The highest BCUT2D eigenvalue weighted by atomic mass is 15.2. The van der Waals surface area contributed by atoms with E-state index in [9.17, 15) is 0 Å². The minimum absolute atomic E-state index is 0.163. The van der Waals surface area contributed by atoms with Gasteiger partial charge in [0.2, 0.25) is 5.95 Å². The maximum atomic E-state index is 5.44. The first-order valence-electron chi connectivity index (χ1n) is 20.2. The molecule has 0 fully saturated rings. The van der Waals surface area contributed by atoms with Gasteiger partial charge in [-0.1, -0.05) is 172 Å². The fraction of sp³-hybridized carbons (Fsp3) is 0.0556. The van der Waals surface area contributed by atoms with Crippen LogP contribution in [0.3, 0.4) is 0 Å². The largest absolute Gasteiger partial charge is 0.307 e. The molecule has 0 bridgehead atoms. The summed E-state index contributed by atoms with van der Waals surface area (Å²) in [5.74, 6) is 1.84. The van der Waals surface area contributed by atoms with Gasteiger partial charge in [-0.05, 0) is 63.7 Å². The topological polar surface area (TPSA) is 48.5 Å². The number of para-hydroxylation sites is 2. The van der Waals surface area contributed by atoms with Crippen LogP contribution in [0.4, 0.5) is 0 Å². The van der Waals surface area contributed by atoms with E-state index < -0.39 is 0 Å². The second kappa shape index (κ2) is 12.7. The zero-order chi connectivity index (χ0) is 39.2. The summed E-state index contributed by atoms with van der Waals surface area (Å²) in [6, 6.07) is 67.1. The van der Waals surface area contributed by atoms with E-state index in [1.165, 1.54) is 38.6 Å². The van der Waals surface area contributed by atoms with Gasteiger partial charge >= 0.3 is 0 Å². The lowest BCUT2D eigenvalue weighted by atomic mass is 9.82. The van der Waals surface area contributed by atoms with Crippen LogP contribution in [0.1, 0.15) is 25.0 Å². The summed E-state index contributed by atoms with van der Waals surface area (Å²) in [6.45, 7) is 4.63. The van der Waals surface area contributed by atoms with Crippen molar-refractivity contribution in [2.45, 2.75) is 19.3 Å². The Kier molecular flexibility index (Phi) is 7.20. The number of hydrogen-bond acceptors (Lipinski definition) is 3. The summed E-state index contributed by atoms with van der Waals surface area (Å²) < 4.78 is 4.70. The predicted octanol–water partition coefficient (Wildman–Crippen LogP) is 13.4. The van der Waals surface area contributed by atoms with E-state index in [1.807, 2.05) is 18.2 Å². The van der Waals surface area contributed by atoms with Crippen LogP contribution in [0.15, 0.2) is 188 Å². The highest BCUT2D eigenvalue weighted by Crippen LogP contribution is 2.49. The normalized spacial score (nSPS) is 13.1. The average Bonchev–Trinajstić information content (AvgIpc) is 3.90. The van der Waals surface area contributed by atoms with E-state index in [1.54, 1.807) is 0 Å². The van der Waals surface area contributed by atoms with Gasteiger partial charge in [0.25, 0.3) is 0 Å². The van der Waals surface area contributed by atoms with Crippen LogP contribution in [0, 0.1) is 0 Å². The maximum absolute atomic E-state index is 5.44. The van der Waals surface area contributed by atoms with Gasteiger partial charge in [-0.3, -0.25) is 4.57 Å². The zero-order valence-electron chi connectivity index (χ0n) is 32.6. The quantitative estimate of drug-likeness (QED) is 0.176. The second-order valence-electron chi connectivity index (χ2n) is 16.1. The highest BCUT2D eigenvalue weighted by Gasteiger charge is 2.35. The monoisotopic (exact) mass is 755 g/mol. The van der Waals surface area contributed by atoms with Crippen LogP contribution in [0.25, 0.3) is 100 Å². The highest BCUT2D eigenvalue weighted by molar-refractivity contribution is 6.23. The standard InChI is InChI=1S/C54H37N5/c1-54(2)45-25-12-9-22-39(45)40-29-28-37(33-46(40)54)52-55-51(35-18-7-4-8-19-35)56-53(57-52)59-48-27-14-11-24-42(48)44-31-30-43-41-23-10-13-26-47(41)58(49(43)50(44)59)38-21-15-20-36(32-38)34-16-5-3-6-17-34/h3-33H,1-2H3. The minimum atomic E-state index is -0.163. The summed E-state index contributed by atoms with van der Waals surface area (Å²) >= 11 is 0. The van der Waals surface area contributed by atoms with E-state index in [2.05, 4.69) is 193 Å². The molecular weight excluding hydrogens is 719 g/mol.